The highest BCUT2D eigenvalue weighted by Crippen LogP contribution is 2.25. The Morgan fingerprint density at radius 3 is 2.62 bits per heavy atom. The zero-order chi connectivity index (χ0) is 12.0. The predicted molar refractivity (Wildman–Crippen MR) is 68.5 cm³/mol. The summed E-state index contributed by atoms with van der Waals surface area (Å²) in [4.78, 5) is 11.6. The molecule has 0 amide bonds. The molecule has 0 spiro atoms. The van der Waals surface area contributed by atoms with Gasteiger partial charge in [0.05, 0.1) is 0 Å². The minimum absolute atomic E-state index is 0.115. The van der Waals surface area contributed by atoms with E-state index in [1.165, 1.54) is 0 Å². The molecule has 1 atom stereocenters. The van der Waals surface area contributed by atoms with Gasteiger partial charge in [-0.1, -0.05) is 6.92 Å². The van der Waals surface area contributed by atoms with Gasteiger partial charge < -0.3 is 10.5 Å². The van der Waals surface area contributed by atoms with E-state index in [0.29, 0.717) is 6.42 Å². The average molecular weight is 245 g/mol. The summed E-state index contributed by atoms with van der Waals surface area (Å²) >= 11 is 1.71. The Balaban J connectivity index is 2.22. The van der Waals surface area contributed by atoms with Crippen LogP contribution in [0.5, 0.6) is 0 Å². The molecular formula is C12H23NO2S. The lowest BCUT2D eigenvalue weighted by Crippen LogP contribution is -2.36. The quantitative estimate of drug-likeness (QED) is 0.754. The zero-order valence-electron chi connectivity index (χ0n) is 10.3. The number of carbonyl (C=O) groups excluding carboxylic acids is 1. The van der Waals surface area contributed by atoms with Crippen LogP contribution in [-0.4, -0.2) is 30.1 Å². The largest absolute Gasteiger partial charge is 0.461 e. The monoisotopic (exact) mass is 245 g/mol. The van der Waals surface area contributed by atoms with Crippen molar-refractivity contribution < 1.29 is 9.53 Å². The fraction of sp³-hybridized carbons (Fsp3) is 0.917. The SMILES string of the molecule is CSCC[C@@H](N)C(=O)OC1CCC(C)CC1. The number of rotatable bonds is 5. The predicted octanol–water partition coefficient (Wildman–Crippen LogP) is 2.19. The first kappa shape index (κ1) is 13.8. The van der Waals surface area contributed by atoms with Crippen molar-refractivity contribution in [3.63, 3.8) is 0 Å². The molecule has 0 aromatic rings. The third-order valence-corrected chi connectivity index (χ3v) is 3.83. The summed E-state index contributed by atoms with van der Waals surface area (Å²) in [6.45, 7) is 2.25. The number of esters is 1. The van der Waals surface area contributed by atoms with Crippen molar-refractivity contribution in [1.82, 2.24) is 0 Å². The maximum atomic E-state index is 11.6. The van der Waals surface area contributed by atoms with Crippen molar-refractivity contribution >= 4 is 17.7 Å². The topological polar surface area (TPSA) is 52.3 Å². The molecule has 2 N–H and O–H groups in total. The number of nitrogens with two attached hydrogens (primary N) is 1. The van der Waals surface area contributed by atoms with E-state index in [-0.39, 0.29) is 12.1 Å². The number of thioether (sulfide) groups is 1. The van der Waals surface area contributed by atoms with Gasteiger partial charge in [0.15, 0.2) is 0 Å². The molecule has 0 aliphatic heterocycles. The molecule has 0 bridgehead atoms. The van der Waals surface area contributed by atoms with Crippen molar-refractivity contribution in [3.8, 4) is 0 Å². The molecule has 1 saturated carbocycles. The molecule has 0 radical (unpaired) electrons. The molecule has 0 aromatic heterocycles. The lowest BCUT2D eigenvalue weighted by molar-refractivity contribution is -0.152. The number of carbonyl (C=O) groups is 1. The van der Waals surface area contributed by atoms with E-state index in [0.717, 1.165) is 37.4 Å². The maximum absolute atomic E-state index is 11.6. The van der Waals surface area contributed by atoms with Gasteiger partial charge in [0.2, 0.25) is 0 Å². The van der Waals surface area contributed by atoms with Gasteiger partial charge in [-0.25, -0.2) is 0 Å². The van der Waals surface area contributed by atoms with E-state index >= 15 is 0 Å². The summed E-state index contributed by atoms with van der Waals surface area (Å²) in [5, 5.41) is 0. The Bertz CT molecular complexity index is 215. The Hall–Kier alpha value is -0.220. The molecule has 0 aromatic carbocycles. The van der Waals surface area contributed by atoms with Crippen molar-refractivity contribution in [1.29, 1.82) is 0 Å². The van der Waals surface area contributed by atoms with E-state index < -0.39 is 6.04 Å². The van der Waals surface area contributed by atoms with Crippen LogP contribution < -0.4 is 5.73 Å². The van der Waals surface area contributed by atoms with Gasteiger partial charge >= 0.3 is 5.97 Å². The molecule has 4 heteroatoms. The summed E-state index contributed by atoms with van der Waals surface area (Å²) in [6.07, 6.45) is 7.17. The lowest BCUT2D eigenvalue weighted by atomic mass is 9.89. The van der Waals surface area contributed by atoms with E-state index in [9.17, 15) is 4.79 Å². The summed E-state index contributed by atoms with van der Waals surface area (Å²) in [6, 6.07) is -0.438. The van der Waals surface area contributed by atoms with E-state index in [2.05, 4.69) is 6.92 Å². The second-order valence-corrected chi connectivity index (χ2v) is 5.69. The molecule has 0 heterocycles. The van der Waals surface area contributed by atoms with Gasteiger partial charge in [-0.2, -0.15) is 11.8 Å². The zero-order valence-corrected chi connectivity index (χ0v) is 11.1. The standard InChI is InChI=1S/C12H23NO2S/c1-9-3-5-10(6-4-9)15-12(14)11(13)7-8-16-2/h9-11H,3-8,13H2,1-2H3/t9?,10?,11-/m1/s1. The van der Waals surface area contributed by atoms with E-state index in [4.69, 9.17) is 10.5 Å². The van der Waals surface area contributed by atoms with Crippen LogP contribution in [0.2, 0.25) is 0 Å². The molecule has 3 nitrogen and oxygen atoms in total. The van der Waals surface area contributed by atoms with Crippen LogP contribution in [0.15, 0.2) is 0 Å². The minimum atomic E-state index is -0.438. The Morgan fingerprint density at radius 2 is 2.06 bits per heavy atom. The minimum Gasteiger partial charge on any atom is -0.461 e. The normalized spacial score (nSPS) is 27.4. The lowest BCUT2D eigenvalue weighted by Gasteiger charge is -2.26. The van der Waals surface area contributed by atoms with E-state index in [1.54, 1.807) is 11.8 Å². The van der Waals surface area contributed by atoms with Crippen molar-refractivity contribution in [2.24, 2.45) is 11.7 Å². The van der Waals surface area contributed by atoms with Crippen LogP contribution >= 0.6 is 11.8 Å². The van der Waals surface area contributed by atoms with Crippen LogP contribution in [0.1, 0.15) is 39.0 Å². The van der Waals surface area contributed by atoms with Gasteiger partial charge in [-0.15, -0.1) is 0 Å². The fourth-order valence-corrected chi connectivity index (χ4v) is 2.45. The number of hydrogen-bond acceptors (Lipinski definition) is 4. The summed E-state index contributed by atoms with van der Waals surface area (Å²) in [5.41, 5.74) is 5.76. The van der Waals surface area contributed by atoms with Crippen LogP contribution in [0.25, 0.3) is 0 Å². The Labute approximate surface area is 102 Å². The molecular weight excluding hydrogens is 222 g/mol. The van der Waals surface area contributed by atoms with Gasteiger partial charge in [0, 0.05) is 0 Å². The Kier molecular flexibility index (Phi) is 6.21. The highest BCUT2D eigenvalue weighted by atomic mass is 32.2. The molecule has 1 aliphatic rings. The number of ether oxygens (including phenoxy) is 1. The highest BCUT2D eigenvalue weighted by Gasteiger charge is 2.23. The van der Waals surface area contributed by atoms with Gasteiger partial charge in [0.1, 0.15) is 12.1 Å². The highest BCUT2D eigenvalue weighted by molar-refractivity contribution is 7.98. The average Bonchev–Trinajstić information content (AvgIpc) is 2.29. The summed E-state index contributed by atoms with van der Waals surface area (Å²) in [7, 11) is 0. The molecule has 16 heavy (non-hydrogen) atoms. The van der Waals surface area contributed by atoms with Crippen molar-refractivity contribution in [3.05, 3.63) is 0 Å². The molecule has 1 fully saturated rings. The van der Waals surface area contributed by atoms with Crippen LogP contribution in [0.4, 0.5) is 0 Å². The summed E-state index contributed by atoms with van der Waals surface area (Å²) < 4.78 is 5.43. The second-order valence-electron chi connectivity index (χ2n) is 4.71. The molecule has 94 valence electrons. The van der Waals surface area contributed by atoms with Crippen molar-refractivity contribution in [2.75, 3.05) is 12.0 Å². The first-order chi connectivity index (χ1) is 7.63. The third kappa shape index (κ3) is 4.74. The third-order valence-electron chi connectivity index (χ3n) is 3.18. The maximum Gasteiger partial charge on any atom is 0.323 e. The second kappa shape index (κ2) is 7.17. The van der Waals surface area contributed by atoms with Crippen LogP contribution in [-0.2, 0) is 9.53 Å². The fourth-order valence-electron chi connectivity index (χ4n) is 1.96. The smallest absolute Gasteiger partial charge is 0.323 e. The first-order valence-electron chi connectivity index (χ1n) is 6.08. The first-order valence-corrected chi connectivity index (χ1v) is 7.48. The molecule has 1 rings (SSSR count). The van der Waals surface area contributed by atoms with Crippen molar-refractivity contribution in [2.45, 2.75) is 51.2 Å². The molecule has 1 aliphatic carbocycles. The molecule has 0 unspecified atom stereocenters. The van der Waals surface area contributed by atoms with Crippen LogP contribution in [0.3, 0.4) is 0 Å². The van der Waals surface area contributed by atoms with Crippen LogP contribution in [0, 0.1) is 5.92 Å². The summed E-state index contributed by atoms with van der Waals surface area (Å²) in [5.74, 6) is 1.48. The van der Waals surface area contributed by atoms with E-state index in [1.807, 2.05) is 6.26 Å². The van der Waals surface area contributed by atoms with Gasteiger partial charge in [0.25, 0.3) is 0 Å². The molecule has 0 saturated heterocycles. The number of hydrogen-bond donors (Lipinski definition) is 1. The van der Waals surface area contributed by atoms with Gasteiger partial charge in [-0.3, -0.25) is 4.79 Å². The van der Waals surface area contributed by atoms with Gasteiger partial charge in [-0.05, 0) is 50.0 Å². The Morgan fingerprint density at radius 1 is 1.44 bits per heavy atom.